The van der Waals surface area contributed by atoms with Gasteiger partial charge in [0.05, 0.1) is 12.2 Å². The third-order valence-electron chi connectivity index (χ3n) is 3.51. The Labute approximate surface area is 160 Å². The Balaban J connectivity index is 1.42. The summed E-state index contributed by atoms with van der Waals surface area (Å²) >= 11 is 5.17. The summed E-state index contributed by atoms with van der Waals surface area (Å²) in [5.41, 5.74) is 4.52. The van der Waals surface area contributed by atoms with Crippen LogP contribution in [-0.2, 0) is 11.3 Å². The molecule has 0 saturated carbocycles. The van der Waals surface area contributed by atoms with Crippen molar-refractivity contribution in [2.75, 3.05) is 13.4 Å². The number of fused-ring (bicyclic) bond motifs is 1. The van der Waals surface area contributed by atoms with Crippen molar-refractivity contribution in [1.82, 2.24) is 10.7 Å². The zero-order valence-corrected chi connectivity index (χ0v) is 15.0. The zero-order chi connectivity index (χ0) is 19.1. The maximum Gasteiger partial charge on any atom is 0.231 e. The molecule has 0 aromatic heterocycles. The normalized spacial score (nSPS) is 12.0. The van der Waals surface area contributed by atoms with E-state index in [1.54, 1.807) is 30.5 Å². The number of nitrogens with one attached hydrogen (secondary N) is 2. The third kappa shape index (κ3) is 5.58. The second-order valence-electron chi connectivity index (χ2n) is 5.47. The van der Waals surface area contributed by atoms with Gasteiger partial charge in [0.1, 0.15) is 12.4 Å². The molecule has 0 aliphatic carbocycles. The van der Waals surface area contributed by atoms with Crippen molar-refractivity contribution in [2.45, 2.75) is 6.54 Å². The highest BCUT2D eigenvalue weighted by Crippen LogP contribution is 2.32. The fourth-order valence-corrected chi connectivity index (χ4v) is 2.36. The van der Waals surface area contributed by atoms with Gasteiger partial charge in [0, 0.05) is 6.54 Å². The molecular weight excluding hydrogens is 370 g/mol. The fraction of sp³-hybridized carbons (Fsp3) is 0.167. The molecular formula is C18H16N3O5S-. The molecule has 0 unspecified atom stereocenters. The molecule has 0 fully saturated rings. The van der Waals surface area contributed by atoms with E-state index in [2.05, 4.69) is 15.8 Å². The van der Waals surface area contributed by atoms with Crippen LogP contribution in [0.25, 0.3) is 0 Å². The molecule has 8 nitrogen and oxygen atoms in total. The highest BCUT2D eigenvalue weighted by molar-refractivity contribution is 7.80. The van der Waals surface area contributed by atoms with Gasteiger partial charge < -0.3 is 29.4 Å². The first kappa shape index (κ1) is 18.5. The van der Waals surface area contributed by atoms with Gasteiger partial charge in [-0.3, -0.25) is 5.43 Å². The number of carbonyl (C=O) groups is 1. The van der Waals surface area contributed by atoms with E-state index in [0.29, 0.717) is 17.4 Å². The van der Waals surface area contributed by atoms with E-state index in [4.69, 9.17) is 26.4 Å². The molecule has 0 bridgehead atoms. The van der Waals surface area contributed by atoms with E-state index in [1.807, 2.05) is 18.2 Å². The number of thiocarbonyl (C=S) groups is 1. The number of carboxylic acids is 1. The van der Waals surface area contributed by atoms with E-state index in [9.17, 15) is 9.90 Å². The number of hydrogen-bond donors (Lipinski definition) is 2. The van der Waals surface area contributed by atoms with Gasteiger partial charge in [-0.2, -0.15) is 5.10 Å². The van der Waals surface area contributed by atoms with Crippen molar-refractivity contribution in [3.05, 3.63) is 53.6 Å². The molecule has 1 aliphatic heterocycles. The lowest BCUT2D eigenvalue weighted by Gasteiger charge is -2.08. The number of hydrogen-bond acceptors (Lipinski definition) is 7. The number of rotatable bonds is 7. The van der Waals surface area contributed by atoms with Crippen molar-refractivity contribution in [3.63, 3.8) is 0 Å². The number of carboxylic acid groups (broad SMARTS) is 1. The van der Waals surface area contributed by atoms with Crippen LogP contribution in [0.3, 0.4) is 0 Å². The Morgan fingerprint density at radius 3 is 2.78 bits per heavy atom. The fourth-order valence-electron chi connectivity index (χ4n) is 2.23. The first-order valence-corrected chi connectivity index (χ1v) is 8.39. The average Bonchev–Trinajstić information content (AvgIpc) is 3.13. The molecule has 0 saturated heterocycles. The highest BCUT2D eigenvalue weighted by atomic mass is 32.1. The maximum absolute atomic E-state index is 10.3. The topological polar surface area (TPSA) is 104 Å². The Morgan fingerprint density at radius 1 is 1.22 bits per heavy atom. The number of aliphatic carboxylic acids is 1. The molecule has 2 aromatic rings. The van der Waals surface area contributed by atoms with Crippen LogP contribution >= 0.6 is 12.2 Å². The van der Waals surface area contributed by atoms with Crippen molar-refractivity contribution < 1.29 is 24.1 Å². The molecule has 0 spiro atoms. The summed E-state index contributed by atoms with van der Waals surface area (Å²) in [5, 5.41) is 17.8. The van der Waals surface area contributed by atoms with Gasteiger partial charge in [-0.1, -0.05) is 6.07 Å². The number of hydrazone groups is 1. The smallest absolute Gasteiger partial charge is 0.231 e. The minimum Gasteiger partial charge on any atom is -0.546 e. The predicted octanol–water partition coefficient (Wildman–Crippen LogP) is 0.542. The van der Waals surface area contributed by atoms with Gasteiger partial charge in [-0.15, -0.1) is 0 Å². The minimum atomic E-state index is -1.27. The summed E-state index contributed by atoms with van der Waals surface area (Å²) in [4.78, 5) is 10.3. The quantitative estimate of drug-likeness (QED) is 0.404. The van der Waals surface area contributed by atoms with Crippen LogP contribution < -0.4 is 30.1 Å². The highest BCUT2D eigenvalue weighted by Gasteiger charge is 2.12. The van der Waals surface area contributed by atoms with Crippen LogP contribution in [0.4, 0.5) is 0 Å². The van der Waals surface area contributed by atoms with E-state index in [-0.39, 0.29) is 6.79 Å². The first-order chi connectivity index (χ1) is 13.1. The summed E-state index contributed by atoms with van der Waals surface area (Å²) in [6.07, 6.45) is 1.58. The Bertz CT molecular complexity index is 855. The van der Waals surface area contributed by atoms with E-state index < -0.39 is 12.6 Å². The second-order valence-corrected chi connectivity index (χ2v) is 5.88. The molecule has 1 aliphatic rings. The molecule has 2 N–H and O–H groups in total. The molecule has 140 valence electrons. The van der Waals surface area contributed by atoms with Crippen LogP contribution in [0, 0.1) is 0 Å². The van der Waals surface area contributed by atoms with Crippen molar-refractivity contribution in [2.24, 2.45) is 5.10 Å². The summed E-state index contributed by atoms with van der Waals surface area (Å²) in [7, 11) is 0. The summed E-state index contributed by atoms with van der Waals surface area (Å²) in [6.45, 7) is 0.269. The molecule has 0 radical (unpaired) electrons. The summed E-state index contributed by atoms with van der Waals surface area (Å²) in [5.74, 6) is 0.621. The maximum atomic E-state index is 10.3. The van der Waals surface area contributed by atoms with E-state index in [1.165, 1.54) is 0 Å². The first-order valence-electron chi connectivity index (χ1n) is 7.98. The lowest BCUT2D eigenvalue weighted by molar-refractivity contribution is -0.307. The summed E-state index contributed by atoms with van der Waals surface area (Å²) in [6, 6.07) is 12.4. The van der Waals surface area contributed by atoms with Gasteiger partial charge in [-0.05, 0) is 59.7 Å². The average molecular weight is 386 g/mol. The van der Waals surface area contributed by atoms with Gasteiger partial charge >= 0.3 is 0 Å². The van der Waals surface area contributed by atoms with Crippen molar-refractivity contribution in [3.8, 4) is 17.2 Å². The molecule has 0 amide bonds. The van der Waals surface area contributed by atoms with Crippen LogP contribution in [0.15, 0.2) is 47.6 Å². The number of benzene rings is 2. The molecule has 3 rings (SSSR count). The van der Waals surface area contributed by atoms with Crippen molar-refractivity contribution in [1.29, 1.82) is 0 Å². The SMILES string of the molecule is O=C([O-])COc1ccc(/C=N\NC(=S)NCc2ccc3c(c2)OCO3)cc1. The zero-order valence-electron chi connectivity index (χ0n) is 14.1. The lowest BCUT2D eigenvalue weighted by Crippen LogP contribution is -2.31. The van der Waals surface area contributed by atoms with E-state index in [0.717, 1.165) is 22.6 Å². The van der Waals surface area contributed by atoms with Crippen LogP contribution in [0.2, 0.25) is 0 Å². The van der Waals surface area contributed by atoms with Gasteiger partial charge in [-0.25, -0.2) is 0 Å². The molecule has 2 aromatic carbocycles. The summed E-state index contributed by atoms with van der Waals surface area (Å²) < 4.78 is 15.6. The van der Waals surface area contributed by atoms with Crippen LogP contribution in [0.1, 0.15) is 11.1 Å². The van der Waals surface area contributed by atoms with Gasteiger partial charge in [0.2, 0.25) is 6.79 Å². The second kappa shape index (κ2) is 8.86. The predicted molar refractivity (Wildman–Crippen MR) is 99.7 cm³/mol. The van der Waals surface area contributed by atoms with Crippen LogP contribution in [0.5, 0.6) is 17.2 Å². The Hall–Kier alpha value is -3.33. The standard InChI is InChI=1S/C18H17N3O5S/c22-17(23)10-24-14-4-1-12(2-5-14)9-20-21-18(27)19-8-13-3-6-15-16(7-13)26-11-25-15/h1-7,9H,8,10-11H2,(H,22,23)(H2,19,21,27)/p-1/b20-9-. The molecule has 1 heterocycles. The number of nitrogens with zero attached hydrogens (tertiary/aromatic N) is 1. The third-order valence-corrected chi connectivity index (χ3v) is 3.74. The molecule has 0 atom stereocenters. The monoisotopic (exact) mass is 386 g/mol. The van der Waals surface area contributed by atoms with Crippen molar-refractivity contribution >= 4 is 29.5 Å². The van der Waals surface area contributed by atoms with Gasteiger partial charge in [0.15, 0.2) is 16.6 Å². The largest absolute Gasteiger partial charge is 0.546 e. The number of carbonyl (C=O) groups excluding carboxylic acids is 1. The van der Waals surface area contributed by atoms with Crippen LogP contribution in [-0.4, -0.2) is 30.7 Å². The molecule has 9 heteroatoms. The molecule has 27 heavy (non-hydrogen) atoms. The van der Waals surface area contributed by atoms with E-state index >= 15 is 0 Å². The number of ether oxygens (including phenoxy) is 3. The Kier molecular flexibility index (Phi) is 6.06. The Morgan fingerprint density at radius 2 is 2.00 bits per heavy atom. The minimum absolute atomic E-state index is 0.241. The lowest BCUT2D eigenvalue weighted by atomic mass is 10.2. The van der Waals surface area contributed by atoms with Gasteiger partial charge in [0.25, 0.3) is 0 Å².